The molecule has 0 saturated heterocycles. The normalized spacial score (nSPS) is 13.7. The molecule has 4 rings (SSSR count). The first-order valence-corrected chi connectivity index (χ1v) is 10.6. The largest absolute Gasteiger partial charge is 0.497 e. The zero-order valence-corrected chi connectivity index (χ0v) is 19.0. The number of rotatable bonds is 8. The molecule has 2 aromatic heterocycles. The number of methoxy groups -OCH3 is 2. The monoisotopic (exact) mass is 461 g/mol. The Balaban J connectivity index is 1.71. The van der Waals surface area contributed by atoms with Crippen LogP contribution < -0.4 is 20.3 Å². The van der Waals surface area contributed by atoms with Crippen molar-refractivity contribution in [3.05, 3.63) is 76.8 Å². The molecule has 173 valence electrons. The Morgan fingerprint density at radius 2 is 1.97 bits per heavy atom. The van der Waals surface area contributed by atoms with Gasteiger partial charge in [-0.3, -0.25) is 4.79 Å². The first-order chi connectivity index (χ1) is 16.4. The highest BCUT2D eigenvalue weighted by atomic mass is 19.1. The zero-order valence-electron chi connectivity index (χ0n) is 19.0. The molecule has 2 heterocycles. The topological polar surface area (TPSA) is 93.8 Å². The van der Waals surface area contributed by atoms with Gasteiger partial charge < -0.3 is 24.2 Å². The number of hydrogen-bond acceptors (Lipinski definition) is 6. The lowest BCUT2D eigenvalue weighted by Gasteiger charge is -2.13. The van der Waals surface area contributed by atoms with Gasteiger partial charge >= 0.3 is 7.48 Å². The van der Waals surface area contributed by atoms with Crippen LogP contribution in [0.15, 0.2) is 52.8 Å². The standard InChI is InChI=1S/C25H23BFN2O5/c1-14-17(7-15-8-21(32-2)25(26-31)22(9-15)33-3)20-13-28-23(27)10-19(20)18(14)11-24(30)29-12-16-5-4-6-34-16/h4-10,13,31H,11-12H2,1-3H3,(H,29,30)/b17-7-. The van der Waals surface area contributed by atoms with Crippen molar-refractivity contribution in [2.24, 2.45) is 0 Å². The van der Waals surface area contributed by atoms with Crippen LogP contribution in [0.25, 0.3) is 17.2 Å². The highest BCUT2D eigenvalue weighted by molar-refractivity contribution is 6.48. The number of ether oxygens (including phenoxy) is 2. The third-order valence-corrected chi connectivity index (χ3v) is 5.73. The highest BCUT2D eigenvalue weighted by Crippen LogP contribution is 2.43. The van der Waals surface area contributed by atoms with Gasteiger partial charge in [0.25, 0.3) is 0 Å². The van der Waals surface area contributed by atoms with Gasteiger partial charge in [-0.05, 0) is 65.1 Å². The molecule has 1 aliphatic carbocycles. The van der Waals surface area contributed by atoms with E-state index in [0.29, 0.717) is 28.3 Å². The number of nitrogens with zero attached hydrogens (tertiary/aromatic N) is 1. The second-order valence-corrected chi connectivity index (χ2v) is 7.72. The number of pyridine rings is 1. The van der Waals surface area contributed by atoms with E-state index in [0.717, 1.165) is 35.3 Å². The van der Waals surface area contributed by atoms with Gasteiger partial charge in [0.1, 0.15) is 17.3 Å². The molecule has 0 aliphatic heterocycles. The Hall–Kier alpha value is -3.85. The van der Waals surface area contributed by atoms with Crippen molar-refractivity contribution in [2.45, 2.75) is 19.9 Å². The average molecular weight is 461 g/mol. The SMILES string of the molecule is COc1cc(/C=C2/C(C)=C(CC(=O)NCc3ccco3)c3cc(F)ncc32)cc(OC)c1[B]O. The molecule has 34 heavy (non-hydrogen) atoms. The number of fused-ring (bicyclic) bond motifs is 1. The number of hydrogen-bond donors (Lipinski definition) is 2. The number of carbonyl (C=O) groups excluding carboxylic acids is 1. The molecule has 1 aliphatic rings. The molecule has 0 bridgehead atoms. The van der Waals surface area contributed by atoms with E-state index in [4.69, 9.17) is 13.9 Å². The number of benzene rings is 1. The summed E-state index contributed by atoms with van der Waals surface area (Å²) in [6.45, 7) is 2.16. The second kappa shape index (κ2) is 9.97. The van der Waals surface area contributed by atoms with Crippen molar-refractivity contribution in [2.75, 3.05) is 14.2 Å². The van der Waals surface area contributed by atoms with Crippen molar-refractivity contribution in [1.29, 1.82) is 0 Å². The number of allylic oxidation sites excluding steroid dienone is 2. The first kappa shape index (κ1) is 23.3. The van der Waals surface area contributed by atoms with Gasteiger partial charge in [0.05, 0.1) is 33.4 Å². The van der Waals surface area contributed by atoms with Crippen molar-refractivity contribution in [1.82, 2.24) is 10.3 Å². The molecule has 0 spiro atoms. The maximum absolute atomic E-state index is 14.0. The lowest BCUT2D eigenvalue weighted by molar-refractivity contribution is -0.120. The van der Waals surface area contributed by atoms with Gasteiger partial charge in [0.15, 0.2) is 0 Å². The molecular weight excluding hydrogens is 438 g/mol. The van der Waals surface area contributed by atoms with Crippen molar-refractivity contribution in [3.63, 3.8) is 0 Å². The molecule has 0 fully saturated rings. The van der Waals surface area contributed by atoms with Crippen LogP contribution in [0.2, 0.25) is 0 Å². The maximum atomic E-state index is 14.0. The summed E-state index contributed by atoms with van der Waals surface area (Å²) in [5.41, 5.74) is 4.88. The molecule has 1 radical (unpaired) electrons. The minimum absolute atomic E-state index is 0.0748. The number of nitrogens with one attached hydrogen (secondary N) is 1. The molecule has 2 N–H and O–H groups in total. The summed E-state index contributed by atoms with van der Waals surface area (Å²) < 4.78 is 30.1. The van der Waals surface area contributed by atoms with E-state index in [9.17, 15) is 14.2 Å². The van der Waals surface area contributed by atoms with E-state index in [-0.39, 0.29) is 18.9 Å². The van der Waals surface area contributed by atoms with E-state index in [1.165, 1.54) is 26.5 Å². The molecular formula is C25H23BFN2O5. The lowest BCUT2D eigenvalue weighted by Crippen LogP contribution is -2.22. The number of aromatic nitrogens is 1. The summed E-state index contributed by atoms with van der Waals surface area (Å²) in [7, 11) is 3.93. The summed E-state index contributed by atoms with van der Waals surface area (Å²) in [5, 5.41) is 12.4. The van der Waals surface area contributed by atoms with Crippen molar-refractivity contribution < 1.29 is 28.1 Å². The van der Waals surface area contributed by atoms with Gasteiger partial charge in [-0.15, -0.1) is 0 Å². The third kappa shape index (κ3) is 4.60. The Kier molecular flexibility index (Phi) is 6.84. The summed E-state index contributed by atoms with van der Waals surface area (Å²) in [4.78, 5) is 16.5. The van der Waals surface area contributed by atoms with Crippen LogP contribution in [0.3, 0.4) is 0 Å². The Bertz CT molecular complexity index is 1260. The predicted octanol–water partition coefficient (Wildman–Crippen LogP) is 3.10. The molecule has 0 atom stereocenters. The lowest BCUT2D eigenvalue weighted by atomic mass is 9.85. The summed E-state index contributed by atoms with van der Waals surface area (Å²) >= 11 is 0. The molecule has 0 saturated carbocycles. The Morgan fingerprint density at radius 1 is 1.24 bits per heavy atom. The number of furan rings is 1. The number of halogens is 1. The van der Waals surface area contributed by atoms with Crippen LogP contribution in [0.1, 0.15) is 35.8 Å². The minimum Gasteiger partial charge on any atom is -0.497 e. The van der Waals surface area contributed by atoms with E-state index >= 15 is 0 Å². The third-order valence-electron chi connectivity index (χ3n) is 5.73. The van der Waals surface area contributed by atoms with Crippen LogP contribution in [0.4, 0.5) is 4.39 Å². The van der Waals surface area contributed by atoms with E-state index in [1.54, 1.807) is 30.5 Å². The molecule has 3 aromatic rings. The van der Waals surface area contributed by atoms with Crippen molar-refractivity contribution >= 4 is 36.1 Å². The van der Waals surface area contributed by atoms with Crippen molar-refractivity contribution in [3.8, 4) is 11.5 Å². The van der Waals surface area contributed by atoms with Gasteiger partial charge in [0.2, 0.25) is 11.9 Å². The zero-order chi connectivity index (χ0) is 24.2. The molecule has 1 aromatic carbocycles. The van der Waals surface area contributed by atoms with E-state index < -0.39 is 5.95 Å². The highest BCUT2D eigenvalue weighted by Gasteiger charge is 2.26. The van der Waals surface area contributed by atoms with Gasteiger partial charge in [-0.2, -0.15) is 4.39 Å². The van der Waals surface area contributed by atoms with Gasteiger partial charge in [0, 0.05) is 23.3 Å². The Morgan fingerprint density at radius 3 is 2.59 bits per heavy atom. The summed E-state index contributed by atoms with van der Waals surface area (Å²) in [5.74, 6) is 0.689. The first-order valence-electron chi connectivity index (χ1n) is 10.6. The second-order valence-electron chi connectivity index (χ2n) is 7.72. The molecule has 1 amide bonds. The fourth-order valence-corrected chi connectivity index (χ4v) is 4.03. The molecule has 7 nitrogen and oxygen atoms in total. The summed E-state index contributed by atoms with van der Waals surface area (Å²) in [6, 6.07) is 8.40. The smallest absolute Gasteiger partial charge is 0.334 e. The van der Waals surface area contributed by atoms with Crippen LogP contribution in [-0.4, -0.2) is 37.6 Å². The van der Waals surface area contributed by atoms with Crippen LogP contribution >= 0.6 is 0 Å². The molecule has 9 heteroatoms. The fraction of sp³-hybridized carbons (Fsp3) is 0.200. The number of amides is 1. The predicted molar refractivity (Wildman–Crippen MR) is 127 cm³/mol. The minimum atomic E-state index is -0.618. The average Bonchev–Trinajstić information content (AvgIpc) is 3.45. The number of carbonyl (C=O) groups is 1. The maximum Gasteiger partial charge on any atom is 0.334 e. The van der Waals surface area contributed by atoms with Gasteiger partial charge in [-0.25, -0.2) is 4.98 Å². The van der Waals surface area contributed by atoms with Crippen LogP contribution in [0, 0.1) is 5.95 Å². The van der Waals surface area contributed by atoms with Crippen LogP contribution in [-0.2, 0) is 11.3 Å². The summed E-state index contributed by atoms with van der Waals surface area (Å²) in [6.07, 6.45) is 4.99. The van der Waals surface area contributed by atoms with E-state index in [2.05, 4.69) is 10.3 Å². The fourth-order valence-electron chi connectivity index (χ4n) is 4.03. The van der Waals surface area contributed by atoms with Gasteiger partial charge in [-0.1, -0.05) is 0 Å². The quantitative estimate of drug-likeness (QED) is 0.396. The Labute approximate surface area is 197 Å². The van der Waals surface area contributed by atoms with Crippen LogP contribution in [0.5, 0.6) is 11.5 Å². The van der Waals surface area contributed by atoms with E-state index in [1.807, 2.05) is 13.0 Å². The molecule has 0 unspecified atom stereocenters.